The van der Waals surface area contributed by atoms with Crippen LogP contribution in [0.5, 0.6) is 0 Å². The summed E-state index contributed by atoms with van der Waals surface area (Å²) in [5, 5.41) is 3.25. The lowest BCUT2D eigenvalue weighted by molar-refractivity contribution is 0.818. The molecule has 1 aromatic carbocycles. The maximum absolute atomic E-state index is 5.14. The first-order valence-corrected chi connectivity index (χ1v) is 6.35. The Morgan fingerprint density at radius 2 is 2.06 bits per heavy atom. The molecule has 0 amide bonds. The summed E-state index contributed by atoms with van der Waals surface area (Å²) >= 11 is 1.76. The van der Waals surface area contributed by atoms with Crippen molar-refractivity contribution in [2.24, 2.45) is 0 Å². The zero-order chi connectivity index (χ0) is 11.5. The molecule has 82 valence electrons. The summed E-state index contributed by atoms with van der Waals surface area (Å²) in [5.41, 5.74) is 1.06. The molecule has 16 heavy (non-hydrogen) atoms. The maximum atomic E-state index is 5.14. The minimum absolute atomic E-state index is 0.728. The molecule has 0 aliphatic heterocycles. The summed E-state index contributed by atoms with van der Waals surface area (Å²) in [6.45, 7) is 1.68. The van der Waals surface area contributed by atoms with Crippen molar-refractivity contribution in [2.45, 2.75) is 0 Å². The van der Waals surface area contributed by atoms with E-state index in [2.05, 4.69) is 23.1 Å². The van der Waals surface area contributed by atoms with E-state index in [4.69, 9.17) is 6.42 Å². The molecule has 1 N–H and O–H groups in total. The topological polar surface area (TPSA) is 12.0 Å². The normalized spacial score (nSPS) is 8.94. The zero-order valence-corrected chi connectivity index (χ0v) is 10.0. The van der Waals surface area contributed by atoms with Gasteiger partial charge < -0.3 is 5.32 Å². The first kappa shape index (κ1) is 12.7. The zero-order valence-electron chi connectivity index (χ0n) is 9.20. The lowest BCUT2D eigenvalue weighted by atomic mass is 10.2. The fraction of sp³-hybridized carbons (Fsp3) is 0.286. The van der Waals surface area contributed by atoms with Crippen LogP contribution in [0, 0.1) is 24.2 Å². The van der Waals surface area contributed by atoms with Crippen molar-refractivity contribution in [1.82, 2.24) is 5.32 Å². The van der Waals surface area contributed by atoms with Crippen molar-refractivity contribution in [3.05, 3.63) is 35.9 Å². The van der Waals surface area contributed by atoms with E-state index in [-0.39, 0.29) is 0 Å². The van der Waals surface area contributed by atoms with E-state index in [1.165, 1.54) is 0 Å². The van der Waals surface area contributed by atoms with Crippen LogP contribution in [0.25, 0.3) is 0 Å². The van der Waals surface area contributed by atoms with E-state index in [0.717, 1.165) is 30.2 Å². The number of terminal acetylenes is 1. The van der Waals surface area contributed by atoms with Gasteiger partial charge in [0.2, 0.25) is 0 Å². The molecule has 1 aromatic rings. The van der Waals surface area contributed by atoms with Gasteiger partial charge in [0, 0.05) is 17.9 Å². The summed E-state index contributed by atoms with van der Waals surface area (Å²) in [4.78, 5) is 0. The molecule has 2 heteroatoms. The van der Waals surface area contributed by atoms with Crippen LogP contribution < -0.4 is 5.32 Å². The van der Waals surface area contributed by atoms with E-state index < -0.39 is 0 Å². The summed E-state index contributed by atoms with van der Waals surface area (Å²) in [6, 6.07) is 10.00. The highest BCUT2D eigenvalue weighted by Crippen LogP contribution is 1.95. The second-order valence-corrected chi connectivity index (χ2v) is 4.21. The van der Waals surface area contributed by atoms with Crippen LogP contribution in [0.1, 0.15) is 5.56 Å². The van der Waals surface area contributed by atoms with Gasteiger partial charge in [-0.15, -0.1) is 18.2 Å². The number of nitrogens with one attached hydrogen (secondary N) is 1. The number of rotatable bonds is 5. The molecule has 0 saturated carbocycles. The largest absolute Gasteiger partial charge is 0.305 e. The molecule has 0 spiro atoms. The summed E-state index contributed by atoms with van der Waals surface area (Å²) in [7, 11) is 0. The Morgan fingerprint density at radius 3 is 2.81 bits per heavy atom. The molecule has 0 saturated heterocycles. The molecule has 1 rings (SSSR count). The standard InChI is InChI=1S/C14H15NS/c1-2-12-16-13-11-15-10-6-9-14-7-4-3-5-8-14/h1,3-5,7-8,15H,10-13H2. The average Bonchev–Trinajstić information content (AvgIpc) is 2.34. The fourth-order valence-corrected chi connectivity index (χ4v) is 1.64. The highest BCUT2D eigenvalue weighted by Gasteiger charge is 1.85. The second-order valence-electron chi connectivity index (χ2n) is 3.10. The minimum Gasteiger partial charge on any atom is -0.305 e. The van der Waals surface area contributed by atoms with Crippen LogP contribution in [0.4, 0.5) is 0 Å². The van der Waals surface area contributed by atoms with Gasteiger partial charge in [-0.3, -0.25) is 0 Å². The predicted molar refractivity (Wildman–Crippen MR) is 72.3 cm³/mol. The SMILES string of the molecule is C#CCSCCNCC#Cc1ccccc1. The van der Waals surface area contributed by atoms with E-state index >= 15 is 0 Å². The van der Waals surface area contributed by atoms with Crippen molar-refractivity contribution in [3.8, 4) is 24.2 Å². The Labute approximate surface area is 102 Å². The molecule has 0 aliphatic carbocycles. The van der Waals surface area contributed by atoms with E-state index in [9.17, 15) is 0 Å². The van der Waals surface area contributed by atoms with Crippen LogP contribution in [-0.2, 0) is 0 Å². The first-order chi connectivity index (χ1) is 7.93. The van der Waals surface area contributed by atoms with Crippen LogP contribution in [-0.4, -0.2) is 24.6 Å². The van der Waals surface area contributed by atoms with E-state index in [0.29, 0.717) is 0 Å². The van der Waals surface area contributed by atoms with Gasteiger partial charge in [-0.1, -0.05) is 36.0 Å². The molecular formula is C14H15NS. The van der Waals surface area contributed by atoms with Gasteiger partial charge in [-0.2, -0.15) is 0 Å². The minimum atomic E-state index is 0.728. The number of benzene rings is 1. The molecule has 0 radical (unpaired) electrons. The first-order valence-electron chi connectivity index (χ1n) is 5.19. The van der Waals surface area contributed by atoms with Gasteiger partial charge in [-0.05, 0) is 12.1 Å². The Kier molecular flexibility index (Phi) is 7.09. The fourth-order valence-electron chi connectivity index (χ4n) is 1.09. The van der Waals surface area contributed by atoms with Crippen molar-refractivity contribution < 1.29 is 0 Å². The number of hydrogen-bond acceptors (Lipinski definition) is 2. The lowest BCUT2D eigenvalue weighted by Crippen LogP contribution is -2.17. The molecule has 0 atom stereocenters. The summed E-state index contributed by atoms with van der Waals surface area (Å²) in [5.74, 6) is 10.6. The third-order valence-electron chi connectivity index (χ3n) is 1.83. The molecular weight excluding hydrogens is 214 g/mol. The van der Waals surface area contributed by atoms with Gasteiger partial charge in [0.1, 0.15) is 0 Å². The van der Waals surface area contributed by atoms with Crippen molar-refractivity contribution in [1.29, 1.82) is 0 Å². The molecule has 0 unspecified atom stereocenters. The van der Waals surface area contributed by atoms with Gasteiger partial charge in [0.15, 0.2) is 0 Å². The smallest absolute Gasteiger partial charge is 0.0580 e. The van der Waals surface area contributed by atoms with Gasteiger partial charge >= 0.3 is 0 Å². The highest BCUT2D eigenvalue weighted by molar-refractivity contribution is 7.99. The Hall–Kier alpha value is -1.35. The van der Waals surface area contributed by atoms with Crippen LogP contribution >= 0.6 is 11.8 Å². The molecule has 0 aliphatic rings. The van der Waals surface area contributed by atoms with Crippen molar-refractivity contribution in [2.75, 3.05) is 24.6 Å². The maximum Gasteiger partial charge on any atom is 0.0580 e. The average molecular weight is 229 g/mol. The number of hydrogen-bond donors (Lipinski definition) is 1. The molecule has 0 fully saturated rings. The summed E-state index contributed by atoms with van der Waals surface area (Å²) < 4.78 is 0. The van der Waals surface area contributed by atoms with E-state index in [1.54, 1.807) is 11.8 Å². The van der Waals surface area contributed by atoms with Gasteiger partial charge in [-0.25, -0.2) is 0 Å². The highest BCUT2D eigenvalue weighted by atomic mass is 32.2. The van der Waals surface area contributed by atoms with Gasteiger partial charge in [0.05, 0.1) is 12.3 Å². The molecule has 0 bridgehead atoms. The van der Waals surface area contributed by atoms with E-state index in [1.807, 2.05) is 30.3 Å². The van der Waals surface area contributed by atoms with Crippen LogP contribution in [0.2, 0.25) is 0 Å². The van der Waals surface area contributed by atoms with Crippen molar-refractivity contribution in [3.63, 3.8) is 0 Å². The van der Waals surface area contributed by atoms with Crippen LogP contribution in [0.3, 0.4) is 0 Å². The molecule has 0 aromatic heterocycles. The quantitative estimate of drug-likeness (QED) is 0.612. The van der Waals surface area contributed by atoms with Crippen molar-refractivity contribution >= 4 is 11.8 Å². The summed E-state index contributed by atoms with van der Waals surface area (Å²) in [6.07, 6.45) is 5.14. The Balaban J connectivity index is 2.08. The third-order valence-corrected chi connectivity index (χ3v) is 2.69. The Bertz CT molecular complexity index is 381. The monoisotopic (exact) mass is 229 g/mol. The Morgan fingerprint density at radius 1 is 1.25 bits per heavy atom. The van der Waals surface area contributed by atoms with Gasteiger partial charge in [0.25, 0.3) is 0 Å². The second kappa shape index (κ2) is 8.92. The van der Waals surface area contributed by atoms with Crippen LogP contribution in [0.15, 0.2) is 30.3 Å². The molecule has 0 heterocycles. The lowest BCUT2D eigenvalue weighted by Gasteiger charge is -1.97. The number of thioether (sulfide) groups is 1. The predicted octanol–water partition coefficient (Wildman–Crippen LogP) is 1.99. The molecule has 1 nitrogen and oxygen atoms in total. The third kappa shape index (κ3) is 6.19.